The van der Waals surface area contributed by atoms with Crippen LogP contribution in [-0.2, 0) is 10.0 Å². The number of aliphatic hydroxyl groups is 2. The Bertz CT molecular complexity index is 1050. The van der Waals surface area contributed by atoms with Gasteiger partial charge in [-0.2, -0.15) is 0 Å². The van der Waals surface area contributed by atoms with Gasteiger partial charge in [0.05, 0.1) is 12.2 Å². The highest BCUT2D eigenvalue weighted by atomic mass is 32.2. The van der Waals surface area contributed by atoms with E-state index in [1.807, 2.05) is 0 Å². The third kappa shape index (κ3) is 5.17. The summed E-state index contributed by atoms with van der Waals surface area (Å²) in [6, 6.07) is 4.49. The topological polar surface area (TPSA) is 116 Å². The lowest BCUT2D eigenvalue weighted by Gasteiger charge is -2.30. The first-order valence-electron chi connectivity index (χ1n) is 8.99. The van der Waals surface area contributed by atoms with Crippen LogP contribution in [0.15, 0.2) is 41.3 Å². The van der Waals surface area contributed by atoms with Crippen molar-refractivity contribution in [2.45, 2.75) is 42.4 Å². The molecule has 1 saturated carbocycles. The zero-order valence-corrected chi connectivity index (χ0v) is 16.3. The summed E-state index contributed by atoms with van der Waals surface area (Å²) in [6.07, 6.45) is -1.59. The maximum absolute atomic E-state index is 14.2. The van der Waals surface area contributed by atoms with Crippen LogP contribution in [0.2, 0.25) is 0 Å². The van der Waals surface area contributed by atoms with Crippen LogP contribution in [0.3, 0.4) is 0 Å². The summed E-state index contributed by atoms with van der Waals surface area (Å²) >= 11 is 0. The second-order valence-corrected chi connectivity index (χ2v) is 8.74. The molecule has 0 radical (unpaired) electrons. The molecule has 1 aliphatic carbocycles. The van der Waals surface area contributed by atoms with Crippen molar-refractivity contribution in [2.75, 3.05) is 5.32 Å². The molecule has 0 spiro atoms. The number of sulfonamides is 1. The Kier molecular flexibility index (Phi) is 6.46. The minimum atomic E-state index is -4.42. The fraction of sp³-hybridized carbons (Fsp3) is 0.316. The van der Waals surface area contributed by atoms with Crippen LogP contribution in [0.4, 0.5) is 18.9 Å². The molecule has 0 heterocycles. The van der Waals surface area contributed by atoms with Crippen LogP contribution in [0.25, 0.3) is 0 Å². The number of rotatable bonds is 5. The van der Waals surface area contributed by atoms with E-state index < -0.39 is 56.5 Å². The highest BCUT2D eigenvalue weighted by Gasteiger charge is 2.31. The van der Waals surface area contributed by atoms with Crippen molar-refractivity contribution in [2.24, 2.45) is 0 Å². The molecule has 11 heteroatoms. The molecular weight excluding hydrogens is 425 g/mol. The van der Waals surface area contributed by atoms with Gasteiger partial charge in [-0.25, -0.2) is 26.3 Å². The number of hydrogen-bond acceptors (Lipinski definition) is 5. The third-order valence-electron chi connectivity index (χ3n) is 4.64. The summed E-state index contributed by atoms with van der Waals surface area (Å²) in [5.41, 5.74) is -0.304. The number of anilines is 1. The van der Waals surface area contributed by atoms with Gasteiger partial charge in [0.2, 0.25) is 10.0 Å². The summed E-state index contributed by atoms with van der Waals surface area (Å²) in [6.45, 7) is 0. The molecule has 2 atom stereocenters. The van der Waals surface area contributed by atoms with Crippen LogP contribution < -0.4 is 10.0 Å². The Morgan fingerprint density at radius 1 is 0.900 bits per heavy atom. The van der Waals surface area contributed by atoms with Gasteiger partial charge in [-0.3, -0.25) is 4.79 Å². The van der Waals surface area contributed by atoms with Gasteiger partial charge in [0.15, 0.2) is 11.6 Å². The summed E-state index contributed by atoms with van der Waals surface area (Å²) in [5.74, 6) is -4.26. The van der Waals surface area contributed by atoms with Gasteiger partial charge in [0.1, 0.15) is 10.7 Å². The van der Waals surface area contributed by atoms with E-state index in [0.29, 0.717) is 0 Å². The molecular formula is C19H19F3N2O5S. The van der Waals surface area contributed by atoms with Crippen molar-refractivity contribution in [1.29, 1.82) is 0 Å². The number of carbonyl (C=O) groups excluding carboxylic acids is 1. The molecule has 2 unspecified atom stereocenters. The molecule has 7 nitrogen and oxygen atoms in total. The Balaban J connectivity index is 1.81. The van der Waals surface area contributed by atoms with Gasteiger partial charge >= 0.3 is 0 Å². The fourth-order valence-electron chi connectivity index (χ4n) is 3.27. The minimum Gasteiger partial charge on any atom is -0.393 e. The van der Waals surface area contributed by atoms with Crippen LogP contribution in [-0.4, -0.2) is 42.8 Å². The zero-order chi connectivity index (χ0) is 22.1. The van der Waals surface area contributed by atoms with Crippen molar-refractivity contribution in [3.05, 3.63) is 59.4 Å². The number of benzene rings is 2. The van der Waals surface area contributed by atoms with Crippen molar-refractivity contribution in [3.8, 4) is 0 Å². The molecule has 3 rings (SSSR count). The molecule has 162 valence electrons. The monoisotopic (exact) mass is 444 g/mol. The van der Waals surface area contributed by atoms with Crippen molar-refractivity contribution >= 4 is 21.6 Å². The maximum Gasteiger partial charge on any atom is 0.255 e. The molecule has 0 aliphatic heterocycles. The second-order valence-electron chi connectivity index (χ2n) is 7.06. The predicted molar refractivity (Wildman–Crippen MR) is 101 cm³/mol. The van der Waals surface area contributed by atoms with Gasteiger partial charge in [0.25, 0.3) is 5.91 Å². The number of amides is 1. The molecule has 2 aromatic carbocycles. The lowest BCUT2D eigenvalue weighted by molar-refractivity contribution is 0.0292. The average molecular weight is 444 g/mol. The third-order valence-corrected chi connectivity index (χ3v) is 6.18. The zero-order valence-electron chi connectivity index (χ0n) is 15.5. The summed E-state index contributed by atoms with van der Waals surface area (Å²) < 4.78 is 68.0. The van der Waals surface area contributed by atoms with E-state index in [1.165, 1.54) is 0 Å². The van der Waals surface area contributed by atoms with Crippen LogP contribution >= 0.6 is 0 Å². The Morgan fingerprint density at radius 2 is 1.53 bits per heavy atom. The quantitative estimate of drug-likeness (QED) is 0.562. The van der Waals surface area contributed by atoms with Crippen molar-refractivity contribution in [1.82, 2.24) is 4.72 Å². The highest BCUT2D eigenvalue weighted by molar-refractivity contribution is 7.89. The molecule has 0 bridgehead atoms. The summed E-state index contributed by atoms with van der Waals surface area (Å²) in [7, 11) is -4.42. The van der Waals surface area contributed by atoms with Crippen LogP contribution in [0.5, 0.6) is 0 Å². The number of nitrogens with one attached hydrogen (secondary N) is 2. The molecule has 4 N–H and O–H groups in total. The van der Waals surface area contributed by atoms with Crippen LogP contribution in [0, 0.1) is 17.5 Å². The Labute approximate surface area is 170 Å². The summed E-state index contributed by atoms with van der Waals surface area (Å²) in [4.78, 5) is 11.5. The smallest absolute Gasteiger partial charge is 0.255 e. The largest absolute Gasteiger partial charge is 0.393 e. The number of hydrogen-bond donors (Lipinski definition) is 4. The second kappa shape index (κ2) is 8.72. The Hall–Kier alpha value is -2.47. The Morgan fingerprint density at radius 3 is 2.17 bits per heavy atom. The van der Waals surface area contributed by atoms with Crippen molar-refractivity contribution in [3.63, 3.8) is 0 Å². The van der Waals surface area contributed by atoms with E-state index in [1.54, 1.807) is 0 Å². The highest BCUT2D eigenvalue weighted by Crippen LogP contribution is 2.23. The molecule has 0 saturated heterocycles. The van der Waals surface area contributed by atoms with Gasteiger partial charge in [-0.05, 0) is 49.6 Å². The predicted octanol–water partition coefficient (Wildman–Crippen LogP) is 1.91. The van der Waals surface area contributed by atoms with Gasteiger partial charge in [-0.15, -0.1) is 0 Å². The van der Waals surface area contributed by atoms with Gasteiger partial charge in [0, 0.05) is 23.4 Å². The minimum absolute atomic E-state index is 0.0498. The van der Waals surface area contributed by atoms with E-state index in [0.717, 1.165) is 36.4 Å². The van der Waals surface area contributed by atoms with Crippen LogP contribution in [0.1, 0.15) is 29.6 Å². The lowest BCUT2D eigenvalue weighted by Crippen LogP contribution is -2.44. The first-order valence-corrected chi connectivity index (χ1v) is 10.5. The first kappa shape index (κ1) is 22.2. The number of carbonyl (C=O) groups is 1. The van der Waals surface area contributed by atoms with E-state index >= 15 is 0 Å². The van der Waals surface area contributed by atoms with Crippen molar-refractivity contribution < 1.29 is 36.6 Å². The molecule has 1 fully saturated rings. The molecule has 1 aliphatic rings. The van der Waals surface area contributed by atoms with Gasteiger partial charge in [-0.1, -0.05) is 0 Å². The first-order chi connectivity index (χ1) is 14.0. The van der Waals surface area contributed by atoms with E-state index in [9.17, 15) is 36.6 Å². The molecule has 1 amide bonds. The molecule has 2 aromatic rings. The molecule has 30 heavy (non-hydrogen) atoms. The number of halogens is 3. The standard InChI is InChI=1S/C19H19F3N2O5S/c20-15-4-2-11(8-17(15)22)23-19(27)10-1-3-16(21)18(5-10)30(28,29)24-12-6-13(25)9-14(26)7-12/h1-5,8,12-14,24-26H,6-7,9H2,(H,23,27). The molecule has 0 aromatic heterocycles. The maximum atomic E-state index is 14.2. The number of aliphatic hydroxyl groups excluding tert-OH is 2. The normalized spacial score (nSPS) is 22.0. The lowest BCUT2D eigenvalue weighted by atomic mass is 9.91. The van der Waals surface area contributed by atoms with E-state index in [-0.39, 0.29) is 30.5 Å². The van der Waals surface area contributed by atoms with E-state index in [4.69, 9.17) is 0 Å². The van der Waals surface area contributed by atoms with E-state index in [2.05, 4.69) is 10.0 Å². The van der Waals surface area contributed by atoms with Gasteiger partial charge < -0.3 is 15.5 Å². The summed E-state index contributed by atoms with van der Waals surface area (Å²) in [5, 5.41) is 21.7. The average Bonchev–Trinajstić information content (AvgIpc) is 2.63. The SMILES string of the molecule is O=C(Nc1ccc(F)c(F)c1)c1ccc(F)c(S(=O)(=O)NC2CC(O)CC(O)C2)c1. The fourth-order valence-corrected chi connectivity index (χ4v) is 4.63.